The Morgan fingerprint density at radius 2 is 1.04 bits per heavy atom. The van der Waals surface area contributed by atoms with E-state index in [0.717, 1.165) is 38.5 Å². The maximum absolute atomic E-state index is 10.6. The van der Waals surface area contributed by atoms with Gasteiger partial charge in [-0.2, -0.15) is 0 Å². The Kier molecular flexibility index (Phi) is 7.56. The minimum Gasteiger partial charge on any atom is -0.507 e. The van der Waals surface area contributed by atoms with E-state index >= 15 is 0 Å². The molecular weight excluding hydrogens is 320 g/mol. The van der Waals surface area contributed by atoms with Crippen LogP contribution >= 0.6 is 0 Å². The van der Waals surface area contributed by atoms with Gasteiger partial charge in [0, 0.05) is 11.1 Å². The summed E-state index contributed by atoms with van der Waals surface area (Å²) in [5.41, 5.74) is 3.77. The van der Waals surface area contributed by atoms with Crippen LogP contribution in [0.1, 0.15) is 89.2 Å². The normalized spacial score (nSPS) is 13.5. The molecule has 0 aromatic heterocycles. The number of rotatable bonds is 9. The van der Waals surface area contributed by atoms with Crippen molar-refractivity contribution in [1.82, 2.24) is 0 Å². The Morgan fingerprint density at radius 3 is 1.31 bits per heavy atom. The van der Waals surface area contributed by atoms with Crippen LogP contribution in [0.2, 0.25) is 0 Å². The summed E-state index contributed by atoms with van der Waals surface area (Å²) < 4.78 is 0. The van der Waals surface area contributed by atoms with E-state index in [4.69, 9.17) is 0 Å². The van der Waals surface area contributed by atoms with Gasteiger partial charge in [-0.25, -0.2) is 0 Å². The van der Waals surface area contributed by atoms with E-state index in [2.05, 4.69) is 39.8 Å². The number of phenolic OH excluding ortho intramolecular Hbond substituents is 2. The third-order valence-corrected chi connectivity index (χ3v) is 5.54. The van der Waals surface area contributed by atoms with Gasteiger partial charge in [0.2, 0.25) is 0 Å². The van der Waals surface area contributed by atoms with Gasteiger partial charge in [0.15, 0.2) is 0 Å². The zero-order chi connectivity index (χ0) is 19.1. The standard InChI is InChI=1S/C24H34O2/c1-5-9-17(7-3)19-11-13-21(23(25)15-19)22-14-12-20(16-24(22)26)18(8-4)10-6-2/h11-18,25-26H,5-10H2,1-4H3. The summed E-state index contributed by atoms with van der Waals surface area (Å²) in [6.45, 7) is 8.77. The van der Waals surface area contributed by atoms with Crippen molar-refractivity contribution >= 4 is 0 Å². The quantitative estimate of drug-likeness (QED) is 0.494. The third-order valence-electron chi connectivity index (χ3n) is 5.54. The predicted molar refractivity (Wildman–Crippen MR) is 111 cm³/mol. The van der Waals surface area contributed by atoms with Crippen molar-refractivity contribution in [3.63, 3.8) is 0 Å². The lowest BCUT2D eigenvalue weighted by Crippen LogP contribution is -1.98. The van der Waals surface area contributed by atoms with E-state index in [9.17, 15) is 10.2 Å². The van der Waals surface area contributed by atoms with Crippen LogP contribution in [0.15, 0.2) is 36.4 Å². The van der Waals surface area contributed by atoms with Crippen molar-refractivity contribution in [2.45, 2.75) is 78.1 Å². The van der Waals surface area contributed by atoms with E-state index in [1.54, 1.807) is 0 Å². The molecule has 0 saturated heterocycles. The van der Waals surface area contributed by atoms with Gasteiger partial charge in [0.05, 0.1) is 0 Å². The van der Waals surface area contributed by atoms with Crippen LogP contribution in [-0.2, 0) is 0 Å². The Balaban J connectivity index is 2.33. The topological polar surface area (TPSA) is 40.5 Å². The highest BCUT2D eigenvalue weighted by Gasteiger charge is 2.16. The van der Waals surface area contributed by atoms with Crippen molar-refractivity contribution in [2.24, 2.45) is 0 Å². The maximum Gasteiger partial charge on any atom is 0.123 e. The third kappa shape index (κ3) is 4.60. The largest absolute Gasteiger partial charge is 0.507 e. The number of hydrogen-bond donors (Lipinski definition) is 2. The van der Waals surface area contributed by atoms with E-state index in [-0.39, 0.29) is 11.5 Å². The van der Waals surface area contributed by atoms with E-state index in [0.29, 0.717) is 23.0 Å². The zero-order valence-electron chi connectivity index (χ0n) is 16.8. The molecule has 0 amide bonds. The van der Waals surface area contributed by atoms with Gasteiger partial charge in [0.1, 0.15) is 11.5 Å². The monoisotopic (exact) mass is 354 g/mol. The van der Waals surface area contributed by atoms with Crippen molar-refractivity contribution < 1.29 is 10.2 Å². The van der Waals surface area contributed by atoms with Crippen LogP contribution in [-0.4, -0.2) is 10.2 Å². The van der Waals surface area contributed by atoms with Gasteiger partial charge in [-0.15, -0.1) is 0 Å². The lowest BCUT2D eigenvalue weighted by atomic mass is 9.88. The molecule has 0 heterocycles. The van der Waals surface area contributed by atoms with Gasteiger partial charge in [-0.3, -0.25) is 0 Å². The molecule has 142 valence electrons. The first-order valence-corrected chi connectivity index (χ1v) is 10.2. The second kappa shape index (κ2) is 9.66. The average Bonchev–Trinajstić information content (AvgIpc) is 2.64. The van der Waals surface area contributed by atoms with E-state index in [1.807, 2.05) is 24.3 Å². The minimum absolute atomic E-state index is 0.251. The lowest BCUT2D eigenvalue weighted by Gasteiger charge is -2.18. The Bertz CT molecular complexity index is 644. The van der Waals surface area contributed by atoms with E-state index in [1.165, 1.54) is 11.1 Å². The lowest BCUT2D eigenvalue weighted by molar-refractivity contribution is 0.466. The first-order valence-electron chi connectivity index (χ1n) is 10.2. The molecule has 0 bridgehead atoms. The number of hydrogen-bond acceptors (Lipinski definition) is 2. The Hall–Kier alpha value is -1.96. The molecule has 2 rings (SSSR count). The first-order chi connectivity index (χ1) is 12.5. The number of aromatic hydroxyl groups is 2. The maximum atomic E-state index is 10.6. The highest BCUT2D eigenvalue weighted by atomic mass is 16.3. The molecule has 2 unspecified atom stereocenters. The summed E-state index contributed by atoms with van der Waals surface area (Å²) >= 11 is 0. The van der Waals surface area contributed by atoms with Crippen molar-refractivity contribution in [2.75, 3.05) is 0 Å². The number of phenols is 2. The molecule has 0 aliphatic heterocycles. The summed E-state index contributed by atoms with van der Waals surface area (Å²) in [6.07, 6.45) is 6.68. The summed E-state index contributed by atoms with van der Waals surface area (Å²) in [7, 11) is 0. The van der Waals surface area contributed by atoms with Crippen LogP contribution in [0.5, 0.6) is 11.5 Å². The molecule has 2 atom stereocenters. The van der Waals surface area contributed by atoms with Crippen LogP contribution in [0.25, 0.3) is 11.1 Å². The second-order valence-electron chi connectivity index (χ2n) is 7.34. The number of benzene rings is 2. The zero-order valence-corrected chi connectivity index (χ0v) is 16.8. The minimum atomic E-state index is 0.251. The summed E-state index contributed by atoms with van der Waals surface area (Å²) in [6, 6.07) is 11.8. The van der Waals surface area contributed by atoms with E-state index < -0.39 is 0 Å². The van der Waals surface area contributed by atoms with Crippen LogP contribution in [0.4, 0.5) is 0 Å². The fourth-order valence-electron chi connectivity index (χ4n) is 3.97. The molecule has 26 heavy (non-hydrogen) atoms. The molecule has 2 N–H and O–H groups in total. The van der Waals surface area contributed by atoms with Gasteiger partial charge in [-0.1, -0.05) is 64.8 Å². The van der Waals surface area contributed by atoms with Crippen LogP contribution in [0.3, 0.4) is 0 Å². The molecule has 2 aromatic carbocycles. The molecule has 0 aliphatic rings. The fraction of sp³-hybridized carbons (Fsp3) is 0.500. The van der Waals surface area contributed by atoms with Gasteiger partial charge in [0.25, 0.3) is 0 Å². The molecular formula is C24H34O2. The highest BCUT2D eigenvalue weighted by Crippen LogP contribution is 2.40. The molecule has 2 heteroatoms. The highest BCUT2D eigenvalue weighted by molar-refractivity contribution is 5.76. The Morgan fingerprint density at radius 1 is 0.654 bits per heavy atom. The predicted octanol–water partition coefficient (Wildman–Crippen LogP) is 7.35. The van der Waals surface area contributed by atoms with Crippen molar-refractivity contribution in [3.05, 3.63) is 47.5 Å². The first kappa shape index (κ1) is 20.4. The van der Waals surface area contributed by atoms with Gasteiger partial charge >= 0.3 is 0 Å². The van der Waals surface area contributed by atoms with Crippen molar-refractivity contribution in [1.29, 1.82) is 0 Å². The molecule has 0 spiro atoms. The smallest absolute Gasteiger partial charge is 0.123 e. The molecule has 0 radical (unpaired) electrons. The van der Waals surface area contributed by atoms with Crippen LogP contribution < -0.4 is 0 Å². The molecule has 0 fully saturated rings. The second-order valence-corrected chi connectivity index (χ2v) is 7.34. The summed E-state index contributed by atoms with van der Waals surface area (Å²) in [5, 5.41) is 21.2. The summed E-state index contributed by atoms with van der Waals surface area (Å²) in [5.74, 6) is 1.46. The van der Waals surface area contributed by atoms with Crippen LogP contribution in [0, 0.1) is 0 Å². The molecule has 2 nitrogen and oxygen atoms in total. The SMILES string of the molecule is CCCC(CC)c1ccc(-c2ccc(C(CC)CCC)cc2O)c(O)c1. The summed E-state index contributed by atoms with van der Waals surface area (Å²) in [4.78, 5) is 0. The molecule has 0 saturated carbocycles. The fourth-order valence-corrected chi connectivity index (χ4v) is 3.97. The van der Waals surface area contributed by atoms with Crippen molar-refractivity contribution in [3.8, 4) is 22.6 Å². The molecule has 2 aromatic rings. The average molecular weight is 355 g/mol. The van der Waals surface area contributed by atoms with Gasteiger partial charge < -0.3 is 10.2 Å². The van der Waals surface area contributed by atoms with Gasteiger partial charge in [-0.05, 0) is 60.8 Å². The Labute approximate surface area is 158 Å². The molecule has 0 aliphatic carbocycles.